The zero-order valence-electron chi connectivity index (χ0n) is 14.1. The summed E-state index contributed by atoms with van der Waals surface area (Å²) in [7, 11) is -2.64. The second kappa shape index (κ2) is 6.61. The lowest BCUT2D eigenvalue weighted by Crippen LogP contribution is -2.63. The van der Waals surface area contributed by atoms with Gasteiger partial charge < -0.3 is 10.2 Å². The highest BCUT2D eigenvalue weighted by molar-refractivity contribution is 6.92. The van der Waals surface area contributed by atoms with Crippen LogP contribution < -0.4 is 10.4 Å². The lowest BCUT2D eigenvalue weighted by atomic mass is 9.79. The number of hydrogen-bond acceptors (Lipinski definition) is 2. The third-order valence-electron chi connectivity index (χ3n) is 4.56. The smallest absolute Gasteiger partial charge is 0.319 e. The predicted octanol–water partition coefficient (Wildman–Crippen LogP) is 1.98. The summed E-state index contributed by atoms with van der Waals surface area (Å²) in [5, 5.41) is 19.9. The Morgan fingerprint density at radius 1 is 0.750 bits per heavy atom. The van der Waals surface area contributed by atoms with Crippen molar-refractivity contribution in [2.45, 2.75) is 25.8 Å². The van der Waals surface area contributed by atoms with Crippen LogP contribution in [0.4, 0.5) is 0 Å². The Labute approximate surface area is 143 Å². The van der Waals surface area contributed by atoms with Gasteiger partial charge in [-0.05, 0) is 5.41 Å². The van der Waals surface area contributed by atoms with Gasteiger partial charge in [0.05, 0.1) is 0 Å². The molecule has 0 aliphatic rings. The van der Waals surface area contributed by atoms with E-state index < -0.39 is 31.2 Å². The van der Waals surface area contributed by atoms with E-state index in [1.807, 2.05) is 60.7 Å². The Morgan fingerprint density at radius 2 is 1.08 bits per heavy atom. The van der Waals surface area contributed by atoms with Crippen LogP contribution in [0.2, 0.25) is 5.04 Å². The summed E-state index contributed by atoms with van der Waals surface area (Å²) in [6, 6.07) is 18.4. The molecule has 0 saturated heterocycles. The van der Waals surface area contributed by atoms with Crippen LogP contribution in [0.3, 0.4) is 0 Å². The lowest BCUT2D eigenvalue weighted by molar-refractivity contribution is -0.157. The maximum Gasteiger partial charge on any atom is 0.319 e. The SMILES string of the molecule is CC(C)(C)C(C(=O)O)(C(=O)O)[SiH](c1ccccc1)c1ccccc1. The van der Waals surface area contributed by atoms with Crippen LogP contribution in [-0.2, 0) is 9.59 Å². The van der Waals surface area contributed by atoms with Crippen LogP contribution >= 0.6 is 0 Å². The molecule has 2 aromatic carbocycles. The molecule has 0 saturated carbocycles. The van der Waals surface area contributed by atoms with Crippen LogP contribution in [0.15, 0.2) is 60.7 Å². The second-order valence-corrected chi connectivity index (χ2v) is 9.99. The molecule has 0 fully saturated rings. The van der Waals surface area contributed by atoms with E-state index in [1.54, 1.807) is 20.8 Å². The first-order valence-corrected chi connectivity index (χ1v) is 9.52. The topological polar surface area (TPSA) is 74.6 Å². The molecule has 0 spiro atoms. The summed E-state index contributed by atoms with van der Waals surface area (Å²) in [6.07, 6.45) is 0. The van der Waals surface area contributed by atoms with Crippen LogP contribution in [0, 0.1) is 5.41 Å². The van der Waals surface area contributed by atoms with Gasteiger partial charge in [-0.1, -0.05) is 91.8 Å². The van der Waals surface area contributed by atoms with E-state index in [1.165, 1.54) is 0 Å². The molecule has 4 nitrogen and oxygen atoms in total. The van der Waals surface area contributed by atoms with Gasteiger partial charge in [0, 0.05) is 0 Å². The standard InChI is InChI=1S/C19H22O4Si/c1-18(2,3)19(16(20)21,17(22)23)24(14-10-6-4-7-11-14)15-12-8-5-9-13-15/h4-13,24H,1-3H3,(H,20,21)(H,22,23). The quantitative estimate of drug-likeness (QED) is 0.644. The van der Waals surface area contributed by atoms with Gasteiger partial charge in [-0.2, -0.15) is 0 Å². The van der Waals surface area contributed by atoms with Crippen LogP contribution in [0.1, 0.15) is 20.8 Å². The molecule has 2 N–H and O–H groups in total. The van der Waals surface area contributed by atoms with Gasteiger partial charge in [-0.3, -0.25) is 9.59 Å². The highest BCUT2D eigenvalue weighted by atomic mass is 28.3. The second-order valence-electron chi connectivity index (χ2n) is 6.92. The normalized spacial score (nSPS) is 12.2. The van der Waals surface area contributed by atoms with E-state index in [4.69, 9.17) is 0 Å². The van der Waals surface area contributed by atoms with Gasteiger partial charge in [0.1, 0.15) is 8.80 Å². The van der Waals surface area contributed by atoms with E-state index in [2.05, 4.69) is 0 Å². The first kappa shape index (κ1) is 17.9. The van der Waals surface area contributed by atoms with Crippen LogP contribution in [0.5, 0.6) is 0 Å². The van der Waals surface area contributed by atoms with Crippen molar-refractivity contribution >= 4 is 31.1 Å². The molecule has 0 atom stereocenters. The maximum absolute atomic E-state index is 12.4. The number of aliphatic carboxylic acids is 2. The fourth-order valence-corrected chi connectivity index (χ4v) is 7.36. The van der Waals surface area contributed by atoms with Crippen LogP contribution in [-0.4, -0.2) is 30.9 Å². The largest absolute Gasteiger partial charge is 0.481 e. The highest BCUT2D eigenvalue weighted by Crippen LogP contribution is 2.48. The van der Waals surface area contributed by atoms with Gasteiger partial charge in [0.2, 0.25) is 0 Å². The Bertz CT molecular complexity index is 667. The third kappa shape index (κ3) is 2.87. The monoisotopic (exact) mass is 342 g/mol. The van der Waals surface area contributed by atoms with Gasteiger partial charge in [0.25, 0.3) is 0 Å². The van der Waals surface area contributed by atoms with E-state index in [9.17, 15) is 19.8 Å². The van der Waals surface area contributed by atoms with Crippen molar-refractivity contribution in [2.24, 2.45) is 5.41 Å². The zero-order valence-corrected chi connectivity index (χ0v) is 15.2. The van der Waals surface area contributed by atoms with Crippen molar-refractivity contribution in [3.63, 3.8) is 0 Å². The average molecular weight is 342 g/mol. The highest BCUT2D eigenvalue weighted by Gasteiger charge is 2.62. The Balaban J connectivity index is 2.86. The number of carboxylic acids is 2. The van der Waals surface area contributed by atoms with Gasteiger partial charge in [-0.25, -0.2) is 0 Å². The molecule has 5 heteroatoms. The molecular formula is C19H22O4Si. The molecule has 0 aliphatic carbocycles. The Hall–Kier alpha value is -2.40. The maximum atomic E-state index is 12.4. The summed E-state index contributed by atoms with van der Waals surface area (Å²) < 4.78 is 0. The summed E-state index contributed by atoms with van der Waals surface area (Å²) in [6.45, 7) is 5.09. The third-order valence-corrected chi connectivity index (χ3v) is 8.89. The number of carboxylic acid groups (broad SMARTS) is 2. The first-order chi connectivity index (χ1) is 11.2. The summed E-state index contributed by atoms with van der Waals surface area (Å²) in [4.78, 5) is 24.7. The lowest BCUT2D eigenvalue weighted by Gasteiger charge is -2.43. The summed E-state index contributed by atoms with van der Waals surface area (Å²) >= 11 is 0. The van der Waals surface area contributed by atoms with Crippen molar-refractivity contribution in [3.8, 4) is 0 Å². The van der Waals surface area contributed by atoms with Crippen molar-refractivity contribution < 1.29 is 19.8 Å². The number of carbonyl (C=O) groups is 2. The molecule has 2 rings (SSSR count). The first-order valence-electron chi connectivity index (χ1n) is 7.79. The van der Waals surface area contributed by atoms with Crippen molar-refractivity contribution in [3.05, 3.63) is 60.7 Å². The molecule has 0 amide bonds. The van der Waals surface area contributed by atoms with Gasteiger partial charge in [0.15, 0.2) is 5.04 Å². The predicted molar refractivity (Wildman–Crippen MR) is 96.7 cm³/mol. The van der Waals surface area contributed by atoms with Gasteiger partial charge in [-0.15, -0.1) is 0 Å². The van der Waals surface area contributed by atoms with Crippen molar-refractivity contribution in [1.29, 1.82) is 0 Å². The summed E-state index contributed by atoms with van der Waals surface area (Å²) in [5.41, 5.74) is -0.951. The molecule has 0 heterocycles. The fourth-order valence-electron chi connectivity index (χ4n) is 3.40. The minimum atomic E-state index is -2.64. The van der Waals surface area contributed by atoms with Crippen molar-refractivity contribution in [2.75, 3.05) is 0 Å². The van der Waals surface area contributed by atoms with E-state index in [0.29, 0.717) is 0 Å². The van der Waals surface area contributed by atoms with E-state index in [0.717, 1.165) is 10.4 Å². The molecule has 0 aliphatic heterocycles. The fraction of sp³-hybridized carbons (Fsp3) is 0.263. The summed E-state index contributed by atoms with van der Waals surface area (Å²) in [5.74, 6) is -2.54. The molecule has 24 heavy (non-hydrogen) atoms. The average Bonchev–Trinajstić information content (AvgIpc) is 2.52. The Kier molecular flexibility index (Phi) is 4.94. The molecule has 0 unspecified atom stereocenters. The molecular weight excluding hydrogens is 320 g/mol. The Morgan fingerprint density at radius 3 is 1.33 bits per heavy atom. The minimum Gasteiger partial charge on any atom is -0.481 e. The molecule has 0 radical (unpaired) electrons. The molecule has 2 aromatic rings. The number of rotatable bonds is 5. The van der Waals surface area contributed by atoms with Gasteiger partial charge >= 0.3 is 11.9 Å². The molecule has 0 bridgehead atoms. The zero-order chi connectivity index (χ0) is 18.0. The molecule has 126 valence electrons. The number of benzene rings is 2. The van der Waals surface area contributed by atoms with E-state index in [-0.39, 0.29) is 0 Å². The van der Waals surface area contributed by atoms with Crippen molar-refractivity contribution in [1.82, 2.24) is 0 Å². The van der Waals surface area contributed by atoms with Crippen LogP contribution in [0.25, 0.3) is 0 Å². The van der Waals surface area contributed by atoms with E-state index >= 15 is 0 Å². The number of hydrogen-bond donors (Lipinski definition) is 2. The molecule has 0 aromatic heterocycles. The minimum absolute atomic E-state index is 0.809.